The van der Waals surface area contributed by atoms with E-state index in [2.05, 4.69) is 13.5 Å². The molecule has 4 aliphatic rings. The highest BCUT2D eigenvalue weighted by molar-refractivity contribution is 6.05. The first-order chi connectivity index (χ1) is 10.5. The lowest BCUT2D eigenvalue weighted by Gasteiger charge is -2.54. The Morgan fingerprint density at radius 2 is 2.14 bits per heavy atom. The van der Waals surface area contributed by atoms with Gasteiger partial charge in [-0.15, -0.1) is 0 Å². The number of carbonyl (C=O) groups excluding carboxylic acids is 1. The van der Waals surface area contributed by atoms with Crippen LogP contribution in [-0.4, -0.2) is 17.5 Å². The minimum absolute atomic E-state index is 0.102. The molecule has 0 aromatic heterocycles. The van der Waals surface area contributed by atoms with Gasteiger partial charge in [0, 0.05) is 12.5 Å². The second-order valence-electron chi connectivity index (χ2n) is 8.56. The van der Waals surface area contributed by atoms with Crippen LogP contribution in [0.15, 0.2) is 23.8 Å². The predicted octanol–water partition coefficient (Wildman–Crippen LogP) is 3.90. The first-order valence-electron chi connectivity index (χ1n) is 9.08. The van der Waals surface area contributed by atoms with Crippen LogP contribution in [0, 0.1) is 35.0 Å². The van der Waals surface area contributed by atoms with E-state index in [4.69, 9.17) is 0 Å². The van der Waals surface area contributed by atoms with E-state index in [1.807, 2.05) is 6.08 Å². The number of hydrogen-bond donors (Lipinski definition) is 1. The molecule has 0 saturated heterocycles. The SMILES string of the molecule is C=C1C[C@H]2C(=CC1=O)[C@H](CO)C[C@@H]1[C@@H]2CC[C@]2(C)CCC[C@@H]12. The number of ketones is 1. The van der Waals surface area contributed by atoms with Gasteiger partial charge in [0.2, 0.25) is 0 Å². The Bertz CT molecular complexity index is 546. The summed E-state index contributed by atoms with van der Waals surface area (Å²) in [6, 6.07) is 0. The van der Waals surface area contributed by atoms with Crippen molar-refractivity contribution in [3.63, 3.8) is 0 Å². The third kappa shape index (κ3) is 1.99. The molecule has 22 heavy (non-hydrogen) atoms. The van der Waals surface area contributed by atoms with E-state index in [9.17, 15) is 9.90 Å². The van der Waals surface area contributed by atoms with E-state index < -0.39 is 0 Å². The van der Waals surface area contributed by atoms with E-state index in [1.165, 1.54) is 37.7 Å². The summed E-state index contributed by atoms with van der Waals surface area (Å²) in [4.78, 5) is 12.0. The molecular weight excluding hydrogens is 272 g/mol. The zero-order valence-electron chi connectivity index (χ0n) is 13.7. The van der Waals surface area contributed by atoms with Gasteiger partial charge in [0.1, 0.15) is 0 Å². The first kappa shape index (κ1) is 14.7. The van der Waals surface area contributed by atoms with E-state index in [0.717, 1.165) is 36.2 Å². The summed E-state index contributed by atoms with van der Waals surface area (Å²) in [5.74, 6) is 3.10. The molecule has 0 heterocycles. The summed E-state index contributed by atoms with van der Waals surface area (Å²) in [6.45, 7) is 6.70. The average molecular weight is 300 g/mol. The number of hydrogen-bond acceptors (Lipinski definition) is 2. The fraction of sp³-hybridized carbons (Fsp3) is 0.750. The number of carbonyl (C=O) groups is 1. The zero-order chi connectivity index (χ0) is 15.5. The number of aliphatic hydroxyl groups excluding tert-OH is 1. The van der Waals surface area contributed by atoms with Gasteiger partial charge in [0.25, 0.3) is 0 Å². The van der Waals surface area contributed by atoms with Crippen molar-refractivity contribution >= 4 is 5.78 Å². The number of aliphatic hydroxyl groups is 1. The zero-order valence-corrected chi connectivity index (χ0v) is 13.7. The quantitative estimate of drug-likeness (QED) is 0.746. The summed E-state index contributed by atoms with van der Waals surface area (Å²) >= 11 is 0. The van der Waals surface area contributed by atoms with Gasteiger partial charge in [-0.3, -0.25) is 4.79 Å². The Hall–Kier alpha value is -0.890. The van der Waals surface area contributed by atoms with E-state index in [1.54, 1.807) is 0 Å². The van der Waals surface area contributed by atoms with Crippen LogP contribution in [0.3, 0.4) is 0 Å². The molecule has 3 fully saturated rings. The van der Waals surface area contributed by atoms with E-state index in [0.29, 0.717) is 11.3 Å². The highest BCUT2D eigenvalue weighted by atomic mass is 16.3. The summed E-state index contributed by atoms with van der Waals surface area (Å²) in [5, 5.41) is 9.90. The summed E-state index contributed by atoms with van der Waals surface area (Å²) < 4.78 is 0. The minimum atomic E-state index is 0.102. The van der Waals surface area contributed by atoms with E-state index in [-0.39, 0.29) is 18.3 Å². The highest BCUT2D eigenvalue weighted by Gasteiger charge is 2.54. The molecule has 0 aromatic carbocycles. The monoisotopic (exact) mass is 300 g/mol. The number of allylic oxidation sites excluding steroid dienone is 1. The first-order valence-corrected chi connectivity index (χ1v) is 9.08. The maximum absolute atomic E-state index is 12.0. The van der Waals surface area contributed by atoms with Crippen LogP contribution in [0.1, 0.15) is 51.9 Å². The van der Waals surface area contributed by atoms with Crippen LogP contribution in [-0.2, 0) is 4.79 Å². The fourth-order valence-corrected chi connectivity index (χ4v) is 6.46. The van der Waals surface area contributed by atoms with Gasteiger partial charge in [-0.25, -0.2) is 0 Å². The smallest absolute Gasteiger partial charge is 0.181 e. The largest absolute Gasteiger partial charge is 0.396 e. The number of rotatable bonds is 1. The van der Waals surface area contributed by atoms with Gasteiger partial charge < -0.3 is 5.11 Å². The molecule has 0 aromatic rings. The predicted molar refractivity (Wildman–Crippen MR) is 87.2 cm³/mol. The Morgan fingerprint density at radius 3 is 2.91 bits per heavy atom. The van der Waals surface area contributed by atoms with Gasteiger partial charge in [-0.2, -0.15) is 0 Å². The molecule has 2 nitrogen and oxygen atoms in total. The molecule has 0 unspecified atom stereocenters. The average Bonchev–Trinajstić information content (AvgIpc) is 2.89. The lowest BCUT2D eigenvalue weighted by Crippen LogP contribution is -2.47. The van der Waals surface area contributed by atoms with Gasteiger partial charge in [0.05, 0.1) is 0 Å². The van der Waals surface area contributed by atoms with Crippen molar-refractivity contribution in [1.82, 2.24) is 0 Å². The third-order valence-electron chi connectivity index (χ3n) is 7.58. The molecule has 1 N–H and O–H groups in total. The third-order valence-corrected chi connectivity index (χ3v) is 7.58. The lowest BCUT2D eigenvalue weighted by molar-refractivity contribution is -0.112. The van der Waals surface area contributed by atoms with Crippen LogP contribution in [0.4, 0.5) is 0 Å². The van der Waals surface area contributed by atoms with Gasteiger partial charge in [-0.1, -0.05) is 25.5 Å². The topological polar surface area (TPSA) is 37.3 Å². The Kier molecular flexibility index (Phi) is 3.38. The normalized spacial score (nSPS) is 47.5. The van der Waals surface area contributed by atoms with Crippen molar-refractivity contribution in [3.8, 4) is 0 Å². The molecule has 6 atom stereocenters. The lowest BCUT2D eigenvalue weighted by atomic mass is 9.50. The summed E-state index contributed by atoms with van der Waals surface area (Å²) in [6.07, 6.45) is 10.6. The maximum Gasteiger partial charge on any atom is 0.181 e. The van der Waals surface area contributed by atoms with Crippen molar-refractivity contribution in [2.24, 2.45) is 35.0 Å². The molecule has 3 saturated carbocycles. The summed E-state index contributed by atoms with van der Waals surface area (Å²) in [5.41, 5.74) is 2.58. The molecule has 2 heteroatoms. The highest BCUT2D eigenvalue weighted by Crippen LogP contribution is 2.62. The van der Waals surface area contributed by atoms with Crippen LogP contribution in [0.2, 0.25) is 0 Å². The van der Waals surface area contributed by atoms with Crippen LogP contribution in [0.25, 0.3) is 0 Å². The molecule has 0 amide bonds. The van der Waals surface area contributed by atoms with Crippen molar-refractivity contribution in [2.45, 2.75) is 51.9 Å². The molecular formula is C20H28O2. The summed E-state index contributed by atoms with van der Waals surface area (Å²) in [7, 11) is 0. The van der Waals surface area contributed by atoms with Gasteiger partial charge in [-0.05, 0) is 79.3 Å². The van der Waals surface area contributed by atoms with Crippen LogP contribution < -0.4 is 0 Å². The fourth-order valence-electron chi connectivity index (χ4n) is 6.46. The van der Waals surface area contributed by atoms with Crippen molar-refractivity contribution < 1.29 is 9.90 Å². The Morgan fingerprint density at radius 1 is 1.32 bits per heavy atom. The molecule has 0 spiro atoms. The molecule has 4 aliphatic carbocycles. The second-order valence-corrected chi connectivity index (χ2v) is 8.56. The minimum Gasteiger partial charge on any atom is -0.396 e. The second kappa shape index (κ2) is 5.06. The Labute approximate surface area is 133 Å². The van der Waals surface area contributed by atoms with Gasteiger partial charge >= 0.3 is 0 Å². The molecule has 0 bridgehead atoms. The Balaban J connectivity index is 1.71. The van der Waals surface area contributed by atoms with E-state index >= 15 is 0 Å². The van der Waals surface area contributed by atoms with Crippen molar-refractivity contribution in [2.75, 3.05) is 6.61 Å². The van der Waals surface area contributed by atoms with Gasteiger partial charge in [0.15, 0.2) is 5.78 Å². The van der Waals surface area contributed by atoms with Crippen molar-refractivity contribution in [1.29, 1.82) is 0 Å². The molecule has 0 aliphatic heterocycles. The molecule has 0 radical (unpaired) electrons. The maximum atomic E-state index is 12.0. The number of fused-ring (bicyclic) bond motifs is 5. The van der Waals surface area contributed by atoms with Crippen LogP contribution >= 0.6 is 0 Å². The van der Waals surface area contributed by atoms with Crippen LogP contribution in [0.5, 0.6) is 0 Å². The standard InChI is InChI=1S/C20H28O2/c1-12-8-16-14-5-7-20(2)6-3-4-18(20)17(14)9-13(11-21)15(16)10-19(12)22/h10,13-14,16-18,21H,1,3-9,11H2,2H3/t13-,14+,16+,17+,18-,20-/m0/s1. The van der Waals surface area contributed by atoms with Crippen molar-refractivity contribution in [3.05, 3.63) is 23.8 Å². The molecule has 4 rings (SSSR count). The molecule has 120 valence electrons.